The summed E-state index contributed by atoms with van der Waals surface area (Å²) in [4.78, 5) is 30.7. The molecule has 2 aromatic rings. The number of thioether (sulfide) groups is 1. The molecule has 2 fully saturated rings. The van der Waals surface area contributed by atoms with Crippen LogP contribution in [0.4, 0.5) is 0 Å². The van der Waals surface area contributed by atoms with Crippen LogP contribution < -0.4 is 10.6 Å². The van der Waals surface area contributed by atoms with Gasteiger partial charge in [0.15, 0.2) is 0 Å². The average Bonchev–Trinajstić information content (AvgIpc) is 3.40. The Morgan fingerprint density at radius 3 is 2.83 bits per heavy atom. The average molecular weight is 431 g/mol. The Kier molecular flexibility index (Phi) is 6.65. The van der Waals surface area contributed by atoms with Crippen LogP contribution in [0.2, 0.25) is 0 Å². The van der Waals surface area contributed by atoms with Gasteiger partial charge in [-0.2, -0.15) is 11.8 Å². The summed E-state index contributed by atoms with van der Waals surface area (Å²) in [5, 5.41) is 7.10. The zero-order chi connectivity index (χ0) is 21.0. The Morgan fingerprint density at radius 1 is 1.30 bits per heavy atom. The van der Waals surface area contributed by atoms with Crippen molar-refractivity contribution in [1.82, 2.24) is 20.5 Å². The molecule has 2 unspecified atom stereocenters. The molecule has 0 spiro atoms. The zero-order valence-electron chi connectivity index (χ0n) is 17.4. The van der Waals surface area contributed by atoms with Crippen LogP contribution >= 0.6 is 11.8 Å². The van der Waals surface area contributed by atoms with Gasteiger partial charge in [0.05, 0.1) is 13.2 Å². The zero-order valence-corrected chi connectivity index (χ0v) is 18.2. The Labute approximate surface area is 181 Å². The summed E-state index contributed by atoms with van der Waals surface area (Å²) in [6.07, 6.45) is 3.44. The molecule has 162 valence electrons. The van der Waals surface area contributed by atoms with Gasteiger partial charge in [0, 0.05) is 61.4 Å². The third-order valence-corrected chi connectivity index (χ3v) is 7.38. The number of para-hydroxylation sites is 1. The van der Waals surface area contributed by atoms with E-state index in [9.17, 15) is 9.59 Å². The molecular formula is C22H30N4O3S. The van der Waals surface area contributed by atoms with Gasteiger partial charge >= 0.3 is 0 Å². The molecule has 30 heavy (non-hydrogen) atoms. The van der Waals surface area contributed by atoms with Gasteiger partial charge in [-0.1, -0.05) is 18.2 Å². The van der Waals surface area contributed by atoms with Crippen molar-refractivity contribution < 1.29 is 14.3 Å². The fourth-order valence-electron chi connectivity index (χ4n) is 4.48. The Bertz CT molecular complexity index is 887. The number of morpholine rings is 1. The van der Waals surface area contributed by atoms with Crippen molar-refractivity contribution in [2.75, 3.05) is 44.4 Å². The van der Waals surface area contributed by atoms with Crippen LogP contribution in [0, 0.1) is 0 Å². The van der Waals surface area contributed by atoms with Crippen LogP contribution in [0.15, 0.2) is 30.5 Å². The predicted octanol–water partition coefficient (Wildman–Crippen LogP) is 1.54. The number of aromatic nitrogens is 1. The number of rotatable bonds is 7. The number of carbonyl (C=O) groups excluding carboxylic acids is 2. The normalized spacial score (nSPS) is 23.4. The first-order valence-corrected chi connectivity index (χ1v) is 11.7. The van der Waals surface area contributed by atoms with E-state index in [4.69, 9.17) is 4.74 Å². The van der Waals surface area contributed by atoms with Crippen molar-refractivity contribution in [1.29, 1.82) is 0 Å². The molecule has 2 aliphatic rings. The van der Waals surface area contributed by atoms with Crippen LogP contribution in [0.5, 0.6) is 0 Å². The molecule has 1 aromatic carbocycles. The molecule has 1 aromatic heterocycles. The van der Waals surface area contributed by atoms with Gasteiger partial charge in [-0.25, -0.2) is 0 Å². The number of hydrogen-bond acceptors (Lipinski definition) is 5. The molecule has 0 aliphatic carbocycles. The van der Waals surface area contributed by atoms with E-state index in [0.717, 1.165) is 60.7 Å². The monoisotopic (exact) mass is 430 g/mol. The first-order chi connectivity index (χ1) is 14.6. The second-order valence-corrected chi connectivity index (χ2v) is 9.27. The van der Waals surface area contributed by atoms with Crippen molar-refractivity contribution in [2.24, 2.45) is 0 Å². The third kappa shape index (κ3) is 4.66. The van der Waals surface area contributed by atoms with E-state index in [1.54, 1.807) is 0 Å². The van der Waals surface area contributed by atoms with Crippen molar-refractivity contribution in [3.05, 3.63) is 36.0 Å². The fraction of sp³-hybridized carbons (Fsp3) is 0.545. The first-order valence-electron chi connectivity index (χ1n) is 10.6. The van der Waals surface area contributed by atoms with E-state index in [-0.39, 0.29) is 17.4 Å². The predicted molar refractivity (Wildman–Crippen MR) is 120 cm³/mol. The number of benzene rings is 1. The number of nitrogens with one attached hydrogen (secondary N) is 3. The molecule has 7 nitrogen and oxygen atoms in total. The number of hydrogen-bond donors (Lipinski definition) is 3. The Balaban J connectivity index is 1.45. The number of ether oxygens (including phenoxy) is 1. The summed E-state index contributed by atoms with van der Waals surface area (Å²) < 4.78 is 5.52. The lowest BCUT2D eigenvalue weighted by atomic mass is 9.95. The molecule has 2 aliphatic heterocycles. The van der Waals surface area contributed by atoms with Crippen molar-refractivity contribution in [3.63, 3.8) is 0 Å². The van der Waals surface area contributed by atoms with E-state index in [1.807, 2.05) is 42.2 Å². The summed E-state index contributed by atoms with van der Waals surface area (Å²) in [5.41, 5.74) is 2.04. The highest BCUT2D eigenvalue weighted by molar-refractivity contribution is 7.99. The quantitative estimate of drug-likeness (QED) is 0.620. The lowest BCUT2D eigenvalue weighted by Crippen LogP contribution is -2.60. The summed E-state index contributed by atoms with van der Waals surface area (Å²) in [7, 11) is 0. The molecule has 2 saturated heterocycles. The second kappa shape index (κ2) is 9.41. The highest BCUT2D eigenvalue weighted by Crippen LogP contribution is 2.33. The van der Waals surface area contributed by atoms with Crippen LogP contribution in [0.3, 0.4) is 0 Å². The minimum atomic E-state index is -0.600. The van der Waals surface area contributed by atoms with Crippen LogP contribution in [-0.4, -0.2) is 77.6 Å². The van der Waals surface area contributed by atoms with Crippen LogP contribution in [0.25, 0.3) is 10.9 Å². The molecular weight excluding hydrogens is 400 g/mol. The molecule has 2 amide bonds. The van der Waals surface area contributed by atoms with E-state index < -0.39 is 6.04 Å². The Hall–Kier alpha value is -2.03. The third-order valence-electron chi connectivity index (χ3n) is 6.15. The maximum atomic E-state index is 13.1. The number of amides is 2. The van der Waals surface area contributed by atoms with E-state index in [2.05, 4.69) is 20.5 Å². The van der Waals surface area contributed by atoms with E-state index >= 15 is 0 Å². The standard InChI is InChI=1S/C22H30N4O3S/c1-16(27)25-20(12-17-13-23-19-5-3-2-4-18(17)19)21(28)24-14-22(6-11-30-15-22)26-7-9-29-10-8-26/h2-5,13,20,23H,6-12,14-15H2,1H3,(H,24,28)(H,25,27). The van der Waals surface area contributed by atoms with E-state index in [1.165, 1.54) is 6.92 Å². The van der Waals surface area contributed by atoms with Crippen LogP contribution in [-0.2, 0) is 20.7 Å². The number of carbonyl (C=O) groups is 2. The lowest BCUT2D eigenvalue weighted by molar-refractivity contribution is -0.128. The highest BCUT2D eigenvalue weighted by atomic mass is 32.2. The molecule has 2 atom stereocenters. The molecule has 3 heterocycles. The fourth-order valence-corrected chi connectivity index (χ4v) is 5.96. The minimum absolute atomic E-state index is 0.0222. The van der Waals surface area contributed by atoms with Crippen LogP contribution in [0.1, 0.15) is 18.9 Å². The number of H-pyrrole nitrogens is 1. The van der Waals surface area contributed by atoms with Gasteiger partial charge < -0.3 is 20.4 Å². The van der Waals surface area contributed by atoms with Gasteiger partial charge in [0.25, 0.3) is 0 Å². The topological polar surface area (TPSA) is 86.5 Å². The van der Waals surface area contributed by atoms with Crippen molar-refractivity contribution >= 4 is 34.5 Å². The van der Waals surface area contributed by atoms with Gasteiger partial charge in [0.1, 0.15) is 6.04 Å². The molecule has 0 bridgehead atoms. The molecule has 8 heteroatoms. The second-order valence-electron chi connectivity index (χ2n) is 8.16. The van der Waals surface area contributed by atoms with Gasteiger partial charge in [-0.15, -0.1) is 0 Å². The molecule has 0 radical (unpaired) electrons. The van der Waals surface area contributed by atoms with Gasteiger partial charge in [0.2, 0.25) is 11.8 Å². The molecule has 0 saturated carbocycles. The number of nitrogens with zero attached hydrogens (tertiary/aromatic N) is 1. The highest BCUT2D eigenvalue weighted by Gasteiger charge is 2.41. The SMILES string of the molecule is CC(=O)NC(Cc1c[nH]c2ccccc12)C(=O)NCC1(N2CCOCC2)CCSC1. The smallest absolute Gasteiger partial charge is 0.242 e. The summed E-state index contributed by atoms with van der Waals surface area (Å²) in [5.74, 6) is 1.80. The largest absolute Gasteiger partial charge is 0.379 e. The van der Waals surface area contributed by atoms with Crippen molar-refractivity contribution in [3.8, 4) is 0 Å². The minimum Gasteiger partial charge on any atom is -0.379 e. The van der Waals surface area contributed by atoms with Gasteiger partial charge in [-0.3, -0.25) is 14.5 Å². The maximum Gasteiger partial charge on any atom is 0.242 e. The van der Waals surface area contributed by atoms with Crippen molar-refractivity contribution in [2.45, 2.75) is 31.3 Å². The molecule has 4 rings (SSSR count). The van der Waals surface area contributed by atoms with E-state index in [0.29, 0.717) is 13.0 Å². The summed E-state index contributed by atoms with van der Waals surface area (Å²) in [6.45, 7) is 5.35. The summed E-state index contributed by atoms with van der Waals surface area (Å²) in [6, 6.07) is 7.41. The van der Waals surface area contributed by atoms with Gasteiger partial charge in [-0.05, 0) is 23.8 Å². The molecule has 3 N–H and O–H groups in total. The maximum absolute atomic E-state index is 13.1. The Morgan fingerprint density at radius 2 is 2.10 bits per heavy atom. The first kappa shape index (κ1) is 21.2. The lowest BCUT2D eigenvalue weighted by Gasteiger charge is -2.43. The number of fused-ring (bicyclic) bond motifs is 1. The number of aromatic amines is 1. The summed E-state index contributed by atoms with van der Waals surface area (Å²) >= 11 is 1.94.